The van der Waals surface area contributed by atoms with Crippen molar-refractivity contribution in [1.29, 1.82) is 0 Å². The third-order valence-corrected chi connectivity index (χ3v) is 3.31. The fourth-order valence-electron chi connectivity index (χ4n) is 1.14. The third-order valence-electron chi connectivity index (χ3n) is 1.99. The van der Waals surface area contributed by atoms with Gasteiger partial charge in [0.15, 0.2) is 0 Å². The van der Waals surface area contributed by atoms with Crippen LogP contribution in [0.5, 0.6) is 0 Å². The largest absolute Gasteiger partial charge is 0.481 e. The van der Waals surface area contributed by atoms with Crippen LogP contribution in [0.25, 0.3) is 0 Å². The molecule has 0 heterocycles. The SMILES string of the molecule is Cc1ccc(CS(=O)CCC(=O)O)cc1. The molecule has 0 aliphatic carbocycles. The second-order valence-corrected chi connectivity index (χ2v) is 4.99. The van der Waals surface area contributed by atoms with Crippen LogP contribution in [0.3, 0.4) is 0 Å². The summed E-state index contributed by atoms with van der Waals surface area (Å²) in [4.78, 5) is 10.3. The Hall–Kier alpha value is -1.16. The molecule has 0 saturated carbocycles. The minimum Gasteiger partial charge on any atom is -0.481 e. The van der Waals surface area contributed by atoms with Gasteiger partial charge < -0.3 is 5.11 Å². The highest BCUT2D eigenvalue weighted by Crippen LogP contribution is 2.06. The van der Waals surface area contributed by atoms with Crippen LogP contribution >= 0.6 is 0 Å². The minimum absolute atomic E-state index is 0.0293. The zero-order valence-electron chi connectivity index (χ0n) is 8.60. The molecule has 0 bridgehead atoms. The zero-order chi connectivity index (χ0) is 11.3. The Balaban J connectivity index is 2.44. The van der Waals surface area contributed by atoms with Crippen molar-refractivity contribution in [3.63, 3.8) is 0 Å². The maximum absolute atomic E-state index is 11.4. The van der Waals surface area contributed by atoms with Gasteiger partial charge in [0.1, 0.15) is 0 Å². The topological polar surface area (TPSA) is 54.4 Å². The van der Waals surface area contributed by atoms with Crippen molar-refractivity contribution in [2.75, 3.05) is 5.75 Å². The quantitative estimate of drug-likeness (QED) is 0.831. The number of hydrogen-bond acceptors (Lipinski definition) is 2. The molecule has 0 aromatic heterocycles. The van der Waals surface area contributed by atoms with Crippen molar-refractivity contribution < 1.29 is 14.1 Å². The second-order valence-electron chi connectivity index (χ2n) is 3.42. The number of carboxylic acid groups (broad SMARTS) is 1. The van der Waals surface area contributed by atoms with Crippen LogP contribution in [0.15, 0.2) is 24.3 Å². The van der Waals surface area contributed by atoms with Gasteiger partial charge in [-0.05, 0) is 12.5 Å². The van der Waals surface area contributed by atoms with Gasteiger partial charge in [0, 0.05) is 22.3 Å². The van der Waals surface area contributed by atoms with E-state index < -0.39 is 16.8 Å². The van der Waals surface area contributed by atoms with E-state index in [1.54, 1.807) is 0 Å². The van der Waals surface area contributed by atoms with Gasteiger partial charge in [-0.1, -0.05) is 29.8 Å². The van der Waals surface area contributed by atoms with Gasteiger partial charge in [-0.2, -0.15) is 0 Å². The molecule has 0 saturated heterocycles. The number of aryl methyl sites for hydroxylation is 1. The van der Waals surface area contributed by atoms with Crippen molar-refractivity contribution >= 4 is 16.8 Å². The summed E-state index contributed by atoms with van der Waals surface area (Å²) in [7, 11) is -1.08. The zero-order valence-corrected chi connectivity index (χ0v) is 9.42. The first-order chi connectivity index (χ1) is 7.08. The lowest BCUT2D eigenvalue weighted by Crippen LogP contribution is -2.06. The average molecular weight is 226 g/mol. The highest BCUT2D eigenvalue weighted by atomic mass is 32.2. The van der Waals surface area contributed by atoms with Crippen LogP contribution in [-0.2, 0) is 21.3 Å². The Morgan fingerprint density at radius 1 is 1.33 bits per heavy atom. The predicted octanol–water partition coefficient (Wildman–Crippen LogP) is 1.72. The lowest BCUT2D eigenvalue weighted by Gasteiger charge is -2.01. The molecular weight excluding hydrogens is 212 g/mol. The fourth-order valence-corrected chi connectivity index (χ4v) is 2.25. The van der Waals surface area contributed by atoms with Crippen molar-refractivity contribution in [1.82, 2.24) is 0 Å². The molecule has 1 N–H and O–H groups in total. The molecule has 0 amide bonds. The molecule has 0 aliphatic rings. The molecule has 4 heteroatoms. The normalized spacial score (nSPS) is 12.3. The van der Waals surface area contributed by atoms with Crippen LogP contribution in [-0.4, -0.2) is 21.0 Å². The van der Waals surface area contributed by atoms with Gasteiger partial charge in [0.25, 0.3) is 0 Å². The maximum Gasteiger partial charge on any atom is 0.304 e. The Bertz CT molecular complexity index is 357. The molecule has 82 valence electrons. The maximum atomic E-state index is 11.4. The van der Waals surface area contributed by atoms with Crippen molar-refractivity contribution in [2.45, 2.75) is 19.1 Å². The van der Waals surface area contributed by atoms with Gasteiger partial charge in [-0.3, -0.25) is 9.00 Å². The van der Waals surface area contributed by atoms with E-state index in [0.29, 0.717) is 5.75 Å². The van der Waals surface area contributed by atoms with Gasteiger partial charge in [0.05, 0.1) is 6.42 Å². The van der Waals surface area contributed by atoms with Crippen LogP contribution in [0.1, 0.15) is 17.5 Å². The van der Waals surface area contributed by atoms with Crippen LogP contribution in [0.4, 0.5) is 0 Å². The molecule has 1 aromatic carbocycles. The van der Waals surface area contributed by atoms with Crippen molar-refractivity contribution in [3.8, 4) is 0 Å². The molecule has 1 atom stereocenters. The molecule has 0 radical (unpaired) electrons. The fraction of sp³-hybridized carbons (Fsp3) is 0.364. The molecule has 1 unspecified atom stereocenters. The Morgan fingerprint density at radius 2 is 1.93 bits per heavy atom. The van der Waals surface area contributed by atoms with E-state index in [-0.39, 0.29) is 12.2 Å². The van der Waals surface area contributed by atoms with Crippen LogP contribution in [0, 0.1) is 6.92 Å². The second kappa shape index (κ2) is 5.66. The summed E-state index contributed by atoms with van der Waals surface area (Å²) in [5.74, 6) is -0.233. The molecule has 1 rings (SSSR count). The van der Waals surface area contributed by atoms with E-state index >= 15 is 0 Å². The number of benzene rings is 1. The summed E-state index contributed by atoms with van der Waals surface area (Å²) in [6.45, 7) is 1.99. The lowest BCUT2D eigenvalue weighted by molar-refractivity contribution is -0.136. The number of hydrogen-bond donors (Lipinski definition) is 1. The number of carbonyl (C=O) groups is 1. The highest BCUT2D eigenvalue weighted by Gasteiger charge is 2.04. The van der Waals surface area contributed by atoms with Crippen molar-refractivity contribution in [2.24, 2.45) is 0 Å². The molecule has 3 nitrogen and oxygen atoms in total. The van der Waals surface area contributed by atoms with Gasteiger partial charge >= 0.3 is 5.97 Å². The average Bonchev–Trinajstić information content (AvgIpc) is 2.19. The number of rotatable bonds is 5. The van der Waals surface area contributed by atoms with E-state index in [0.717, 1.165) is 11.1 Å². The van der Waals surface area contributed by atoms with Gasteiger partial charge in [0.2, 0.25) is 0 Å². The van der Waals surface area contributed by atoms with Crippen LogP contribution in [0.2, 0.25) is 0 Å². The highest BCUT2D eigenvalue weighted by molar-refractivity contribution is 7.84. The first-order valence-corrected chi connectivity index (χ1v) is 6.19. The van der Waals surface area contributed by atoms with E-state index in [1.807, 2.05) is 31.2 Å². The number of aliphatic carboxylic acids is 1. The summed E-state index contributed by atoms with van der Waals surface area (Å²) in [5.41, 5.74) is 2.15. The third kappa shape index (κ3) is 4.74. The number of carboxylic acids is 1. The summed E-state index contributed by atoms with van der Waals surface area (Å²) >= 11 is 0. The lowest BCUT2D eigenvalue weighted by atomic mass is 10.2. The predicted molar refractivity (Wildman–Crippen MR) is 60.1 cm³/mol. The summed E-state index contributed by atoms with van der Waals surface area (Å²) in [6, 6.07) is 7.77. The molecule has 1 aromatic rings. The van der Waals surface area contributed by atoms with Crippen molar-refractivity contribution in [3.05, 3.63) is 35.4 Å². The molecule has 0 aliphatic heterocycles. The van der Waals surface area contributed by atoms with E-state index in [4.69, 9.17) is 5.11 Å². The van der Waals surface area contributed by atoms with Crippen LogP contribution < -0.4 is 0 Å². The summed E-state index contributed by atoms with van der Waals surface area (Å²) < 4.78 is 11.4. The standard InChI is InChI=1S/C11H14O3S/c1-9-2-4-10(5-3-9)8-15(14)7-6-11(12)13/h2-5H,6-8H2,1H3,(H,12,13). The smallest absolute Gasteiger partial charge is 0.304 e. The molecule has 0 spiro atoms. The van der Waals surface area contributed by atoms with E-state index in [9.17, 15) is 9.00 Å². The first kappa shape index (κ1) is 11.9. The first-order valence-electron chi connectivity index (χ1n) is 4.70. The van der Waals surface area contributed by atoms with Gasteiger partial charge in [-0.25, -0.2) is 0 Å². The summed E-state index contributed by atoms with van der Waals surface area (Å²) in [5, 5.41) is 8.43. The molecule has 15 heavy (non-hydrogen) atoms. The van der Waals surface area contributed by atoms with E-state index in [2.05, 4.69) is 0 Å². The Morgan fingerprint density at radius 3 is 2.47 bits per heavy atom. The van der Waals surface area contributed by atoms with E-state index in [1.165, 1.54) is 0 Å². The Labute approximate surface area is 91.6 Å². The minimum atomic E-state index is -1.08. The monoisotopic (exact) mass is 226 g/mol. The molecular formula is C11H14O3S. The summed E-state index contributed by atoms with van der Waals surface area (Å²) in [6.07, 6.45) is -0.0293. The Kier molecular flexibility index (Phi) is 4.49. The molecule has 0 fully saturated rings. The van der Waals surface area contributed by atoms with Gasteiger partial charge in [-0.15, -0.1) is 0 Å².